The zero-order chi connectivity index (χ0) is 10.7. The van der Waals surface area contributed by atoms with Crippen LogP contribution >= 0.6 is 11.3 Å². The largest absolute Gasteiger partial charge is 0.380 e. The van der Waals surface area contributed by atoms with Crippen LogP contribution in [0.5, 0.6) is 0 Å². The van der Waals surface area contributed by atoms with Crippen molar-refractivity contribution in [1.82, 2.24) is 9.55 Å². The van der Waals surface area contributed by atoms with Crippen molar-refractivity contribution in [3.05, 3.63) is 28.1 Å². The van der Waals surface area contributed by atoms with Gasteiger partial charge in [-0.2, -0.15) is 0 Å². The van der Waals surface area contributed by atoms with Gasteiger partial charge in [-0.05, 0) is 18.4 Å². The molecule has 0 N–H and O–H groups in total. The molecule has 2 aromatic rings. The van der Waals surface area contributed by atoms with E-state index in [0.717, 1.165) is 5.52 Å². The highest BCUT2D eigenvalue weighted by molar-refractivity contribution is 7.17. The summed E-state index contributed by atoms with van der Waals surface area (Å²) >= 11 is 1.43. The Bertz CT molecular complexity index is 503. The SMILES string of the molecule is CCOCCn1cnc2ccsc2c1=O. The quantitative estimate of drug-likeness (QED) is 0.739. The molecule has 0 fully saturated rings. The third-order valence-electron chi connectivity index (χ3n) is 2.12. The van der Waals surface area contributed by atoms with Gasteiger partial charge in [0.1, 0.15) is 4.70 Å². The molecule has 0 atom stereocenters. The van der Waals surface area contributed by atoms with E-state index in [0.29, 0.717) is 24.5 Å². The third-order valence-corrected chi connectivity index (χ3v) is 3.01. The van der Waals surface area contributed by atoms with Gasteiger partial charge in [0, 0.05) is 6.61 Å². The molecule has 2 aromatic heterocycles. The predicted molar refractivity (Wildman–Crippen MR) is 60.4 cm³/mol. The molecule has 0 saturated heterocycles. The van der Waals surface area contributed by atoms with Crippen molar-refractivity contribution in [2.75, 3.05) is 13.2 Å². The fourth-order valence-electron chi connectivity index (χ4n) is 1.35. The normalized spacial score (nSPS) is 11.0. The molecule has 0 bridgehead atoms. The molecule has 0 aliphatic carbocycles. The lowest BCUT2D eigenvalue weighted by atomic mass is 10.4. The van der Waals surface area contributed by atoms with E-state index in [1.54, 1.807) is 10.9 Å². The van der Waals surface area contributed by atoms with E-state index in [1.807, 2.05) is 18.4 Å². The first-order valence-corrected chi connectivity index (χ1v) is 5.71. The van der Waals surface area contributed by atoms with Crippen LogP contribution in [0.1, 0.15) is 6.92 Å². The summed E-state index contributed by atoms with van der Waals surface area (Å²) in [6.45, 7) is 3.72. The van der Waals surface area contributed by atoms with E-state index in [-0.39, 0.29) is 5.56 Å². The van der Waals surface area contributed by atoms with Crippen LogP contribution in [0.4, 0.5) is 0 Å². The molecule has 2 heterocycles. The number of thiophene rings is 1. The van der Waals surface area contributed by atoms with Gasteiger partial charge in [0.15, 0.2) is 0 Å². The van der Waals surface area contributed by atoms with Crippen LogP contribution in [0.25, 0.3) is 10.2 Å². The maximum absolute atomic E-state index is 11.9. The molecule has 0 aromatic carbocycles. The number of aromatic nitrogens is 2. The predicted octanol–water partition coefficient (Wildman–Crippen LogP) is 1.49. The average Bonchev–Trinajstić information content (AvgIpc) is 2.70. The molecule has 0 radical (unpaired) electrons. The van der Waals surface area contributed by atoms with Crippen LogP contribution in [0, 0.1) is 0 Å². The summed E-state index contributed by atoms with van der Waals surface area (Å²) in [4.78, 5) is 16.1. The number of hydrogen-bond acceptors (Lipinski definition) is 4. The minimum absolute atomic E-state index is 0.0229. The minimum Gasteiger partial charge on any atom is -0.380 e. The minimum atomic E-state index is 0.0229. The second-order valence-electron chi connectivity index (χ2n) is 3.08. The zero-order valence-electron chi connectivity index (χ0n) is 8.47. The average molecular weight is 224 g/mol. The molecular formula is C10H12N2O2S. The highest BCUT2D eigenvalue weighted by Crippen LogP contribution is 2.12. The molecule has 15 heavy (non-hydrogen) atoms. The Balaban J connectivity index is 2.28. The van der Waals surface area contributed by atoms with Crippen LogP contribution in [-0.2, 0) is 11.3 Å². The monoisotopic (exact) mass is 224 g/mol. The Kier molecular flexibility index (Phi) is 3.13. The molecule has 4 nitrogen and oxygen atoms in total. The van der Waals surface area contributed by atoms with E-state index >= 15 is 0 Å². The molecule has 0 aliphatic heterocycles. The summed E-state index contributed by atoms with van der Waals surface area (Å²) in [5, 5.41) is 1.88. The van der Waals surface area contributed by atoms with Crippen LogP contribution < -0.4 is 5.56 Å². The first-order valence-electron chi connectivity index (χ1n) is 4.83. The van der Waals surface area contributed by atoms with Crippen molar-refractivity contribution in [2.24, 2.45) is 0 Å². The summed E-state index contributed by atoms with van der Waals surface area (Å²) in [5.74, 6) is 0. The van der Waals surface area contributed by atoms with Crippen LogP contribution in [0.3, 0.4) is 0 Å². The lowest BCUT2D eigenvalue weighted by molar-refractivity contribution is 0.138. The Morgan fingerprint density at radius 3 is 3.27 bits per heavy atom. The molecule has 0 saturated carbocycles. The van der Waals surface area contributed by atoms with Crippen LogP contribution in [0.2, 0.25) is 0 Å². The van der Waals surface area contributed by atoms with Crippen LogP contribution in [-0.4, -0.2) is 22.8 Å². The van der Waals surface area contributed by atoms with E-state index in [1.165, 1.54) is 11.3 Å². The topological polar surface area (TPSA) is 44.1 Å². The van der Waals surface area contributed by atoms with Crippen molar-refractivity contribution in [2.45, 2.75) is 13.5 Å². The number of ether oxygens (including phenoxy) is 1. The molecule has 0 aliphatic rings. The van der Waals surface area contributed by atoms with Crippen LogP contribution in [0.15, 0.2) is 22.6 Å². The lowest BCUT2D eigenvalue weighted by Gasteiger charge is -2.04. The smallest absolute Gasteiger partial charge is 0.271 e. The fraction of sp³-hybridized carbons (Fsp3) is 0.400. The summed E-state index contributed by atoms with van der Waals surface area (Å²) < 4.78 is 7.51. The fourth-order valence-corrected chi connectivity index (χ4v) is 2.14. The molecule has 0 amide bonds. The molecule has 2 rings (SSSR count). The zero-order valence-corrected chi connectivity index (χ0v) is 9.29. The van der Waals surface area contributed by atoms with Gasteiger partial charge < -0.3 is 4.74 Å². The summed E-state index contributed by atoms with van der Waals surface area (Å²) in [6, 6.07) is 1.86. The van der Waals surface area contributed by atoms with Gasteiger partial charge >= 0.3 is 0 Å². The van der Waals surface area contributed by atoms with Gasteiger partial charge in [-0.15, -0.1) is 11.3 Å². The Hall–Kier alpha value is -1.20. The van der Waals surface area contributed by atoms with Crippen molar-refractivity contribution >= 4 is 21.6 Å². The highest BCUT2D eigenvalue weighted by Gasteiger charge is 2.04. The van der Waals surface area contributed by atoms with E-state index in [4.69, 9.17) is 4.74 Å². The van der Waals surface area contributed by atoms with Gasteiger partial charge in [0.25, 0.3) is 5.56 Å². The Morgan fingerprint density at radius 2 is 2.47 bits per heavy atom. The Morgan fingerprint density at radius 1 is 1.60 bits per heavy atom. The number of fused-ring (bicyclic) bond motifs is 1. The second kappa shape index (κ2) is 4.55. The van der Waals surface area contributed by atoms with Gasteiger partial charge in [-0.25, -0.2) is 4.98 Å². The van der Waals surface area contributed by atoms with E-state index in [2.05, 4.69) is 4.98 Å². The van der Waals surface area contributed by atoms with Gasteiger partial charge in [-0.3, -0.25) is 9.36 Å². The summed E-state index contributed by atoms with van der Waals surface area (Å²) in [6.07, 6.45) is 1.58. The van der Waals surface area contributed by atoms with E-state index in [9.17, 15) is 4.79 Å². The third kappa shape index (κ3) is 2.08. The highest BCUT2D eigenvalue weighted by atomic mass is 32.1. The standard InChI is InChI=1S/C10H12N2O2S/c1-2-14-5-4-12-7-11-8-3-6-15-9(8)10(12)13/h3,6-7H,2,4-5H2,1H3. The summed E-state index contributed by atoms with van der Waals surface area (Å²) in [5.41, 5.74) is 0.798. The summed E-state index contributed by atoms with van der Waals surface area (Å²) in [7, 11) is 0. The van der Waals surface area contributed by atoms with Crippen molar-refractivity contribution in [3.63, 3.8) is 0 Å². The molecule has 0 unspecified atom stereocenters. The number of nitrogens with zero attached hydrogens (tertiary/aromatic N) is 2. The van der Waals surface area contributed by atoms with Gasteiger partial charge in [0.2, 0.25) is 0 Å². The van der Waals surface area contributed by atoms with Crippen molar-refractivity contribution in [1.29, 1.82) is 0 Å². The second-order valence-corrected chi connectivity index (χ2v) is 3.99. The van der Waals surface area contributed by atoms with Gasteiger partial charge in [-0.1, -0.05) is 0 Å². The molecule has 5 heteroatoms. The van der Waals surface area contributed by atoms with Crippen molar-refractivity contribution < 1.29 is 4.74 Å². The Labute approximate surface area is 91.1 Å². The molecule has 80 valence electrons. The van der Waals surface area contributed by atoms with Crippen molar-refractivity contribution in [3.8, 4) is 0 Å². The molecular weight excluding hydrogens is 212 g/mol. The number of rotatable bonds is 4. The van der Waals surface area contributed by atoms with Gasteiger partial charge in [0.05, 0.1) is 25.0 Å². The maximum Gasteiger partial charge on any atom is 0.271 e. The maximum atomic E-state index is 11.9. The van der Waals surface area contributed by atoms with E-state index < -0.39 is 0 Å². The first kappa shape index (κ1) is 10.3. The first-order chi connectivity index (χ1) is 7.33. The number of hydrogen-bond donors (Lipinski definition) is 0. The molecule has 0 spiro atoms. The lowest BCUT2D eigenvalue weighted by Crippen LogP contribution is -2.22.